The fourth-order valence-corrected chi connectivity index (χ4v) is 9.07. The van der Waals surface area contributed by atoms with Gasteiger partial charge in [-0.15, -0.1) is 0 Å². The van der Waals surface area contributed by atoms with Crippen LogP contribution in [-0.2, 0) is 32.0 Å². The second kappa shape index (κ2) is 17.5. The number of rotatable bonds is 9. The Balaban J connectivity index is 1.04. The number of piperidine rings is 2. The molecule has 3 N–H and O–H groups in total. The molecular formula is C37H46Br2N6O8. The van der Waals surface area contributed by atoms with E-state index in [0.717, 1.165) is 30.5 Å². The van der Waals surface area contributed by atoms with Gasteiger partial charge in [-0.1, -0.05) is 18.2 Å². The molecule has 6 rings (SSSR count). The maximum absolute atomic E-state index is 14.1. The number of nitrogens with one attached hydrogen (secondary N) is 1. The molecule has 53 heavy (non-hydrogen) atoms. The number of hydrogen-bond acceptors (Lipinski definition) is 8. The Morgan fingerprint density at radius 2 is 1.43 bits per heavy atom. The van der Waals surface area contributed by atoms with Gasteiger partial charge in [0, 0.05) is 89.5 Å². The highest BCUT2D eigenvalue weighted by atomic mass is 79.9. The number of aromatic hydroxyl groups is 1. The highest BCUT2D eigenvalue weighted by Gasteiger charge is 2.37. The van der Waals surface area contributed by atoms with Crippen molar-refractivity contribution in [3.8, 4) is 5.75 Å². The minimum absolute atomic E-state index is 0.00484. The van der Waals surface area contributed by atoms with Crippen molar-refractivity contribution in [2.45, 2.75) is 69.6 Å². The van der Waals surface area contributed by atoms with Crippen LogP contribution in [-0.4, -0.2) is 142 Å². The van der Waals surface area contributed by atoms with Crippen LogP contribution in [0.3, 0.4) is 0 Å². The van der Waals surface area contributed by atoms with Gasteiger partial charge in [0.1, 0.15) is 5.75 Å². The molecule has 0 spiro atoms. The summed E-state index contributed by atoms with van der Waals surface area (Å²) >= 11 is 6.73. The smallest absolute Gasteiger partial charge is 0.410 e. The van der Waals surface area contributed by atoms with Crippen molar-refractivity contribution in [1.82, 2.24) is 24.5 Å². The third-order valence-corrected chi connectivity index (χ3v) is 12.0. The van der Waals surface area contributed by atoms with Gasteiger partial charge >= 0.3 is 18.1 Å². The first kappa shape index (κ1) is 38.8. The lowest BCUT2D eigenvalue weighted by Crippen LogP contribution is -2.56. The number of carboxylic acids is 1. The molecule has 2 aromatic rings. The van der Waals surface area contributed by atoms with E-state index in [0.29, 0.717) is 86.3 Å². The third kappa shape index (κ3) is 9.62. The number of amides is 5. The number of piperazine rings is 1. The number of ether oxygens (including phenoxy) is 1. The normalized spacial score (nSPS) is 19.6. The van der Waals surface area contributed by atoms with Gasteiger partial charge in [-0.05, 0) is 93.3 Å². The number of nitrogens with zero attached hydrogens (tertiary/aromatic N) is 5. The standard InChI is InChI=1S/C37H46Br2N6O8/c38-28-21-24(22-29(39)34(28)49)23-31(35(50)43-12-8-26(9-13-43)41-17-19-42(20-18-41)32(46)5-6-33(47)48)53-37(52)44-14-10-27(11-15-44)45-16-7-25-3-1-2-4-30(25)40-36(45)51/h1-4,21-22,26-27,31,49H,5-20,23H2,(H,40,51)(H,47,48)/t31-/m1/s1. The van der Waals surface area contributed by atoms with Crippen molar-refractivity contribution >= 4 is 67.5 Å². The van der Waals surface area contributed by atoms with Crippen LogP contribution >= 0.6 is 31.9 Å². The zero-order valence-corrected chi connectivity index (χ0v) is 32.7. The predicted molar refractivity (Wildman–Crippen MR) is 203 cm³/mol. The Morgan fingerprint density at radius 3 is 2.09 bits per heavy atom. The van der Waals surface area contributed by atoms with Crippen molar-refractivity contribution in [3.63, 3.8) is 0 Å². The van der Waals surface area contributed by atoms with Gasteiger partial charge in [-0.3, -0.25) is 19.3 Å². The first-order valence-electron chi connectivity index (χ1n) is 18.3. The van der Waals surface area contributed by atoms with Gasteiger partial charge < -0.3 is 39.9 Å². The van der Waals surface area contributed by atoms with E-state index in [1.807, 2.05) is 29.2 Å². The third-order valence-electron chi connectivity index (χ3n) is 10.8. The molecule has 286 valence electrons. The SMILES string of the molecule is O=C(O)CCC(=O)N1CCN(C2CCN(C(=O)[C@@H](Cc3cc(Br)c(O)c(Br)c3)OC(=O)N3CCC(N4CCc5ccccc5NC4=O)CC3)CC2)CC1. The van der Waals surface area contributed by atoms with Gasteiger partial charge in [-0.25, -0.2) is 9.59 Å². The molecule has 4 aliphatic heterocycles. The maximum atomic E-state index is 14.1. The molecule has 0 saturated carbocycles. The van der Waals surface area contributed by atoms with E-state index in [1.165, 1.54) is 0 Å². The largest absolute Gasteiger partial charge is 0.506 e. The van der Waals surface area contributed by atoms with Crippen molar-refractivity contribution in [1.29, 1.82) is 0 Å². The number of likely N-dealkylation sites (tertiary alicyclic amines) is 2. The molecule has 0 unspecified atom stereocenters. The van der Waals surface area contributed by atoms with Gasteiger partial charge in [0.2, 0.25) is 5.91 Å². The molecule has 3 saturated heterocycles. The number of anilines is 1. The summed E-state index contributed by atoms with van der Waals surface area (Å²) in [5.41, 5.74) is 2.63. The zero-order chi connectivity index (χ0) is 37.6. The molecule has 0 aromatic heterocycles. The van der Waals surface area contributed by atoms with Crippen molar-refractivity contribution < 1.29 is 38.9 Å². The van der Waals surface area contributed by atoms with Crippen LogP contribution in [0, 0.1) is 0 Å². The summed E-state index contributed by atoms with van der Waals surface area (Å²) < 4.78 is 6.92. The number of fused-ring (bicyclic) bond motifs is 1. The Kier molecular flexibility index (Phi) is 12.8. The van der Waals surface area contributed by atoms with Gasteiger partial charge in [0.15, 0.2) is 6.10 Å². The lowest BCUT2D eigenvalue weighted by Gasteiger charge is -2.43. The summed E-state index contributed by atoms with van der Waals surface area (Å²) in [6, 6.07) is 11.3. The molecule has 0 aliphatic carbocycles. The Labute approximate surface area is 325 Å². The summed E-state index contributed by atoms with van der Waals surface area (Å²) in [5.74, 6) is -1.36. The van der Waals surface area contributed by atoms with E-state index in [2.05, 4.69) is 42.1 Å². The minimum atomic E-state index is -1.09. The van der Waals surface area contributed by atoms with E-state index in [1.54, 1.807) is 26.8 Å². The van der Waals surface area contributed by atoms with Gasteiger partial charge in [0.05, 0.1) is 15.4 Å². The summed E-state index contributed by atoms with van der Waals surface area (Å²) in [6.45, 7) is 4.82. The second-order valence-corrected chi connectivity index (χ2v) is 15.8. The number of benzene rings is 2. The number of urea groups is 1. The van der Waals surface area contributed by atoms with Crippen LogP contribution in [0.4, 0.5) is 15.3 Å². The van der Waals surface area contributed by atoms with Crippen LogP contribution in [0.1, 0.15) is 49.7 Å². The number of para-hydroxylation sites is 1. The quantitative estimate of drug-likeness (QED) is 0.329. The summed E-state index contributed by atoms with van der Waals surface area (Å²) in [7, 11) is 0. The lowest BCUT2D eigenvalue weighted by atomic mass is 10.00. The topological polar surface area (TPSA) is 163 Å². The van der Waals surface area contributed by atoms with Crippen LogP contribution in [0.15, 0.2) is 45.3 Å². The van der Waals surface area contributed by atoms with Gasteiger partial charge in [-0.2, -0.15) is 0 Å². The lowest BCUT2D eigenvalue weighted by molar-refractivity contribution is -0.143. The molecular weight excluding hydrogens is 816 g/mol. The summed E-state index contributed by atoms with van der Waals surface area (Å²) in [5, 5.41) is 22.2. The van der Waals surface area contributed by atoms with E-state index < -0.39 is 18.2 Å². The second-order valence-electron chi connectivity index (χ2n) is 14.1. The fourth-order valence-electron chi connectivity index (χ4n) is 7.79. The maximum Gasteiger partial charge on any atom is 0.410 e. The van der Waals surface area contributed by atoms with E-state index in [-0.39, 0.29) is 54.9 Å². The molecule has 0 radical (unpaired) electrons. The average Bonchev–Trinajstić information content (AvgIpc) is 3.33. The number of carbonyl (C=O) groups excluding carboxylic acids is 4. The summed E-state index contributed by atoms with van der Waals surface area (Å²) in [6.07, 6.45) is 1.69. The Morgan fingerprint density at radius 1 is 0.811 bits per heavy atom. The molecule has 0 bridgehead atoms. The number of aliphatic carboxylic acids is 1. The van der Waals surface area contributed by atoms with Gasteiger partial charge in [0.25, 0.3) is 5.91 Å². The van der Waals surface area contributed by atoms with Crippen LogP contribution in [0.2, 0.25) is 0 Å². The number of carbonyl (C=O) groups is 5. The Bertz CT molecular complexity index is 1670. The van der Waals surface area contributed by atoms with Crippen molar-refractivity contribution in [2.75, 3.05) is 64.2 Å². The minimum Gasteiger partial charge on any atom is -0.506 e. The van der Waals surface area contributed by atoms with Crippen molar-refractivity contribution in [2.24, 2.45) is 0 Å². The molecule has 2 aromatic carbocycles. The van der Waals surface area contributed by atoms with Crippen LogP contribution < -0.4 is 5.32 Å². The number of phenolic OH excluding ortho intramolecular Hbond substituents is 1. The van der Waals surface area contributed by atoms with Crippen molar-refractivity contribution in [3.05, 3.63) is 56.5 Å². The van der Waals surface area contributed by atoms with E-state index >= 15 is 0 Å². The number of hydrogen-bond donors (Lipinski definition) is 3. The fraction of sp³-hybridized carbons (Fsp3) is 0.541. The molecule has 1 atom stereocenters. The molecule has 14 nitrogen and oxygen atoms in total. The molecule has 3 fully saturated rings. The monoisotopic (exact) mass is 860 g/mol. The summed E-state index contributed by atoms with van der Waals surface area (Å²) in [4.78, 5) is 73.4. The highest BCUT2D eigenvalue weighted by Crippen LogP contribution is 2.34. The number of phenols is 1. The predicted octanol–water partition coefficient (Wildman–Crippen LogP) is 4.52. The number of carboxylic acid groups (broad SMARTS) is 1. The van der Waals surface area contributed by atoms with E-state index in [9.17, 15) is 29.1 Å². The van der Waals surface area contributed by atoms with Crippen LogP contribution in [0.5, 0.6) is 5.75 Å². The average molecular weight is 863 g/mol. The van der Waals surface area contributed by atoms with Crippen LogP contribution in [0.25, 0.3) is 0 Å². The molecule has 16 heteroatoms. The molecule has 4 heterocycles. The first-order valence-corrected chi connectivity index (χ1v) is 19.9. The highest BCUT2D eigenvalue weighted by molar-refractivity contribution is 9.11. The first-order chi connectivity index (χ1) is 25.5. The van der Waals surface area contributed by atoms with E-state index in [4.69, 9.17) is 9.84 Å². The molecule has 5 amide bonds. The zero-order valence-electron chi connectivity index (χ0n) is 29.6. The number of halogens is 2. The molecule has 4 aliphatic rings. The Hall–Kier alpha value is -3.89.